The number of hydrogen-bond acceptors (Lipinski definition) is 5. The Morgan fingerprint density at radius 2 is 2.03 bits per heavy atom. The summed E-state index contributed by atoms with van der Waals surface area (Å²) in [6, 6.07) is 13.9. The van der Waals surface area contributed by atoms with Crippen molar-refractivity contribution in [3.8, 4) is 0 Å². The van der Waals surface area contributed by atoms with Crippen LogP contribution in [0.1, 0.15) is 36.0 Å². The van der Waals surface area contributed by atoms with E-state index in [1.165, 1.54) is 4.90 Å². The van der Waals surface area contributed by atoms with Gasteiger partial charge in [0.15, 0.2) is 11.5 Å². The number of carbonyl (C=O) groups is 2. The minimum Gasteiger partial charge on any atom is -0.503 e. The first-order valence-electron chi connectivity index (χ1n) is 11.0. The van der Waals surface area contributed by atoms with Crippen molar-refractivity contribution in [1.29, 1.82) is 0 Å². The van der Waals surface area contributed by atoms with Gasteiger partial charge in [0.05, 0.1) is 24.3 Å². The third-order valence-electron chi connectivity index (χ3n) is 5.95. The Morgan fingerprint density at radius 3 is 2.82 bits per heavy atom. The van der Waals surface area contributed by atoms with E-state index < -0.39 is 23.5 Å². The monoisotopic (exact) mass is 522 g/mol. The molecule has 0 fully saturated rings. The van der Waals surface area contributed by atoms with Gasteiger partial charge >= 0.3 is 0 Å². The Morgan fingerprint density at radius 1 is 1.24 bits per heavy atom. The largest absolute Gasteiger partial charge is 0.503 e. The van der Waals surface area contributed by atoms with Gasteiger partial charge in [-0.05, 0) is 44.2 Å². The maximum Gasteiger partial charge on any atom is 0.290 e. The molecule has 1 aliphatic rings. The topological polar surface area (TPSA) is 95.8 Å². The Bertz CT molecular complexity index is 1450. The van der Waals surface area contributed by atoms with Crippen LogP contribution in [-0.2, 0) is 9.53 Å². The predicted molar refractivity (Wildman–Crippen MR) is 132 cm³/mol. The van der Waals surface area contributed by atoms with Crippen molar-refractivity contribution in [2.45, 2.75) is 26.0 Å². The Labute approximate surface area is 204 Å². The summed E-state index contributed by atoms with van der Waals surface area (Å²) in [5, 5.41) is 12.5. The molecule has 0 saturated carbocycles. The SMILES string of the molecule is CC(C)OCCN1C(=O)C(O)=C(C(=O)c2cc3cc(Br)ccc3o2)C1c1c[nH]c2ccccc12. The Balaban J connectivity index is 1.60. The highest BCUT2D eigenvalue weighted by Crippen LogP contribution is 2.42. The van der Waals surface area contributed by atoms with Crippen LogP contribution in [0.25, 0.3) is 21.9 Å². The van der Waals surface area contributed by atoms with Crippen LogP contribution in [0.5, 0.6) is 0 Å². The zero-order valence-electron chi connectivity index (χ0n) is 18.7. The van der Waals surface area contributed by atoms with Crippen LogP contribution in [0.2, 0.25) is 0 Å². The van der Waals surface area contributed by atoms with E-state index in [2.05, 4.69) is 20.9 Å². The number of furan rings is 1. The average molecular weight is 523 g/mol. The van der Waals surface area contributed by atoms with Crippen molar-refractivity contribution >= 4 is 49.5 Å². The number of aliphatic hydroxyl groups excluding tert-OH is 1. The summed E-state index contributed by atoms with van der Waals surface area (Å²) in [6.45, 7) is 4.31. The van der Waals surface area contributed by atoms with E-state index in [0.717, 1.165) is 26.3 Å². The molecule has 4 aromatic rings. The molecule has 5 rings (SSSR count). The van der Waals surface area contributed by atoms with Gasteiger partial charge in [0.2, 0.25) is 5.78 Å². The minimum atomic E-state index is -0.785. The second-order valence-corrected chi connectivity index (χ2v) is 9.41. The maximum absolute atomic E-state index is 13.7. The first-order valence-corrected chi connectivity index (χ1v) is 11.8. The molecule has 2 aromatic heterocycles. The van der Waals surface area contributed by atoms with Gasteiger partial charge < -0.3 is 24.1 Å². The maximum atomic E-state index is 13.7. The van der Waals surface area contributed by atoms with Crippen LogP contribution in [0.15, 0.2) is 74.9 Å². The summed E-state index contributed by atoms with van der Waals surface area (Å²) in [4.78, 5) is 31.5. The van der Waals surface area contributed by atoms with Gasteiger partial charge in [0, 0.05) is 39.1 Å². The summed E-state index contributed by atoms with van der Waals surface area (Å²) in [7, 11) is 0. The van der Waals surface area contributed by atoms with Crippen molar-refractivity contribution in [2.75, 3.05) is 13.2 Å². The molecule has 0 aliphatic carbocycles. The molecule has 1 atom stereocenters. The first-order chi connectivity index (χ1) is 16.3. The van der Waals surface area contributed by atoms with Crippen molar-refractivity contribution in [3.63, 3.8) is 0 Å². The standard InChI is InChI=1S/C26H23BrN2O5/c1-14(2)33-10-9-29-23(18-13-28-19-6-4-3-5-17(18)19)22(25(31)26(29)32)24(30)21-12-15-11-16(27)7-8-20(15)34-21/h3-8,11-14,23,28,31H,9-10H2,1-2H3. The van der Waals surface area contributed by atoms with Crippen LogP contribution >= 0.6 is 15.9 Å². The minimum absolute atomic E-state index is 0.00239. The van der Waals surface area contributed by atoms with E-state index in [9.17, 15) is 14.7 Å². The van der Waals surface area contributed by atoms with Crippen LogP contribution in [0.3, 0.4) is 0 Å². The number of benzene rings is 2. The number of nitrogens with zero attached hydrogens (tertiary/aromatic N) is 1. The number of Topliss-reactive ketones (excluding diaryl/α,β-unsaturated/α-hetero) is 1. The number of carbonyl (C=O) groups excluding carboxylic acids is 2. The van der Waals surface area contributed by atoms with E-state index >= 15 is 0 Å². The molecule has 0 radical (unpaired) electrons. The van der Waals surface area contributed by atoms with Gasteiger partial charge in [-0.15, -0.1) is 0 Å². The Kier molecular flexibility index (Phi) is 5.79. The molecule has 2 aromatic carbocycles. The second kappa shape index (κ2) is 8.77. The number of aromatic amines is 1. The van der Waals surface area contributed by atoms with Crippen LogP contribution in [0.4, 0.5) is 0 Å². The average Bonchev–Trinajstić information content (AvgIpc) is 3.48. The molecule has 34 heavy (non-hydrogen) atoms. The smallest absolute Gasteiger partial charge is 0.290 e. The lowest BCUT2D eigenvalue weighted by atomic mass is 9.94. The lowest BCUT2D eigenvalue weighted by molar-refractivity contribution is -0.130. The number of nitrogens with one attached hydrogen (secondary N) is 1. The van der Waals surface area contributed by atoms with Gasteiger partial charge in [-0.3, -0.25) is 9.59 Å². The quantitative estimate of drug-likeness (QED) is 0.304. The van der Waals surface area contributed by atoms with E-state index in [1.54, 1.807) is 18.3 Å². The number of halogens is 1. The lowest BCUT2D eigenvalue weighted by Gasteiger charge is -2.26. The van der Waals surface area contributed by atoms with E-state index in [0.29, 0.717) is 5.58 Å². The fourth-order valence-electron chi connectivity index (χ4n) is 4.41. The van der Waals surface area contributed by atoms with Crippen molar-refractivity contribution in [1.82, 2.24) is 9.88 Å². The number of amides is 1. The van der Waals surface area contributed by atoms with Crippen LogP contribution in [-0.4, -0.2) is 45.9 Å². The first kappa shape index (κ1) is 22.4. The summed E-state index contributed by atoms with van der Waals surface area (Å²) in [5.74, 6) is -1.63. The highest BCUT2D eigenvalue weighted by atomic mass is 79.9. The van der Waals surface area contributed by atoms with Crippen molar-refractivity contribution in [2.24, 2.45) is 0 Å². The summed E-state index contributed by atoms with van der Waals surface area (Å²) in [6.07, 6.45) is 1.77. The van der Waals surface area contributed by atoms with Gasteiger partial charge in [-0.2, -0.15) is 0 Å². The molecule has 0 bridgehead atoms. The van der Waals surface area contributed by atoms with Gasteiger partial charge in [-0.25, -0.2) is 0 Å². The van der Waals surface area contributed by atoms with Gasteiger partial charge in [0.1, 0.15) is 5.58 Å². The van der Waals surface area contributed by atoms with Gasteiger partial charge in [0.25, 0.3) is 5.91 Å². The molecule has 8 heteroatoms. The molecule has 1 aliphatic heterocycles. The Hall–Kier alpha value is -3.36. The fraction of sp³-hybridized carbons (Fsp3) is 0.231. The number of H-pyrrole nitrogens is 1. The third-order valence-corrected chi connectivity index (χ3v) is 6.44. The number of fused-ring (bicyclic) bond motifs is 2. The van der Waals surface area contributed by atoms with Crippen molar-refractivity contribution in [3.05, 3.63) is 81.9 Å². The number of aliphatic hydroxyl groups is 1. The normalized spacial score (nSPS) is 16.5. The third kappa shape index (κ3) is 3.82. The molecule has 0 spiro atoms. The number of ketones is 1. The summed E-state index contributed by atoms with van der Waals surface area (Å²) >= 11 is 3.42. The van der Waals surface area contributed by atoms with Crippen molar-refractivity contribution < 1.29 is 23.8 Å². The summed E-state index contributed by atoms with van der Waals surface area (Å²) < 4.78 is 12.3. The molecule has 1 amide bonds. The number of hydrogen-bond donors (Lipinski definition) is 2. The molecular weight excluding hydrogens is 500 g/mol. The zero-order chi connectivity index (χ0) is 24.0. The molecule has 7 nitrogen and oxygen atoms in total. The zero-order valence-corrected chi connectivity index (χ0v) is 20.3. The predicted octanol–water partition coefficient (Wildman–Crippen LogP) is 5.68. The highest BCUT2D eigenvalue weighted by Gasteiger charge is 2.45. The molecule has 1 unspecified atom stereocenters. The van der Waals surface area contributed by atoms with E-state index in [4.69, 9.17) is 9.15 Å². The molecule has 174 valence electrons. The molecule has 0 saturated heterocycles. The molecule has 3 heterocycles. The lowest BCUT2D eigenvalue weighted by Crippen LogP contribution is -2.34. The van der Waals surface area contributed by atoms with E-state index in [1.807, 2.05) is 50.2 Å². The molecule has 2 N–H and O–H groups in total. The molecular formula is C26H23BrN2O5. The number of aromatic nitrogens is 1. The van der Waals surface area contributed by atoms with Crippen LogP contribution in [0, 0.1) is 0 Å². The number of rotatable bonds is 7. The highest BCUT2D eigenvalue weighted by molar-refractivity contribution is 9.10. The number of ether oxygens (including phenoxy) is 1. The van der Waals surface area contributed by atoms with E-state index in [-0.39, 0.29) is 30.6 Å². The summed E-state index contributed by atoms with van der Waals surface area (Å²) in [5.41, 5.74) is 2.13. The van der Waals surface area contributed by atoms with Crippen LogP contribution < -0.4 is 0 Å². The fourth-order valence-corrected chi connectivity index (χ4v) is 4.78. The number of para-hydroxylation sites is 1. The second-order valence-electron chi connectivity index (χ2n) is 8.49. The van der Waals surface area contributed by atoms with Gasteiger partial charge in [-0.1, -0.05) is 34.1 Å².